The minimum Gasteiger partial charge on any atom is -0.490 e. The second-order valence-corrected chi connectivity index (χ2v) is 7.97. The van der Waals surface area contributed by atoms with E-state index in [9.17, 15) is 4.79 Å². The maximum absolute atomic E-state index is 12.9. The average molecular weight is 459 g/mol. The molecule has 2 aromatic heterocycles. The molecule has 0 spiro atoms. The average Bonchev–Trinajstić information content (AvgIpc) is 3.18. The van der Waals surface area contributed by atoms with Crippen LogP contribution in [0.3, 0.4) is 0 Å². The first kappa shape index (κ1) is 23.3. The Morgan fingerprint density at radius 1 is 1.00 bits per heavy atom. The largest absolute Gasteiger partial charge is 0.490 e. The Kier molecular flexibility index (Phi) is 7.11. The Labute approximate surface area is 199 Å². The number of carbonyl (C=O) groups excluding carboxylic acids is 1. The number of carbonyl (C=O) groups is 1. The molecule has 0 bridgehead atoms. The van der Waals surface area contributed by atoms with Gasteiger partial charge in [-0.3, -0.25) is 4.79 Å². The van der Waals surface area contributed by atoms with Crippen molar-refractivity contribution in [1.82, 2.24) is 19.9 Å². The first-order valence-corrected chi connectivity index (χ1v) is 11.6. The van der Waals surface area contributed by atoms with Crippen LogP contribution in [0.4, 0.5) is 0 Å². The molecule has 7 nitrogen and oxygen atoms in total. The van der Waals surface area contributed by atoms with Gasteiger partial charge in [-0.15, -0.1) is 0 Å². The Bertz CT molecular complexity index is 1300. The second-order valence-electron chi connectivity index (χ2n) is 7.97. The molecule has 0 saturated heterocycles. The standard InChI is InChI=1S/C27H30N4O3/c1-5-33-23-13-12-20(16-24(23)34-6-2)14-15-28-27(32)22-17-29-26-25(21-10-8-7-9-11-21)18(3)30-31(26)19(22)4/h7-13,16-17H,5-6,14-15H2,1-4H3,(H,28,32). The minimum atomic E-state index is -0.169. The van der Waals surface area contributed by atoms with Gasteiger partial charge in [-0.1, -0.05) is 36.4 Å². The van der Waals surface area contributed by atoms with Crippen molar-refractivity contribution in [2.24, 2.45) is 0 Å². The lowest BCUT2D eigenvalue weighted by Gasteiger charge is -2.13. The van der Waals surface area contributed by atoms with Gasteiger partial charge < -0.3 is 14.8 Å². The molecule has 1 amide bonds. The van der Waals surface area contributed by atoms with Gasteiger partial charge in [-0.25, -0.2) is 9.50 Å². The smallest absolute Gasteiger partial charge is 0.254 e. The summed E-state index contributed by atoms with van der Waals surface area (Å²) >= 11 is 0. The van der Waals surface area contributed by atoms with Crippen molar-refractivity contribution in [3.8, 4) is 22.6 Å². The number of amides is 1. The number of ether oxygens (including phenoxy) is 2. The summed E-state index contributed by atoms with van der Waals surface area (Å²) in [5.74, 6) is 1.29. The van der Waals surface area contributed by atoms with E-state index in [1.54, 1.807) is 10.7 Å². The van der Waals surface area contributed by atoms with Gasteiger partial charge in [0.05, 0.1) is 30.2 Å². The van der Waals surface area contributed by atoms with E-state index in [0.717, 1.165) is 45.2 Å². The van der Waals surface area contributed by atoms with Gasteiger partial charge in [0.2, 0.25) is 0 Å². The zero-order valence-corrected chi connectivity index (χ0v) is 20.1. The Balaban J connectivity index is 1.49. The number of nitrogens with zero attached hydrogens (tertiary/aromatic N) is 3. The van der Waals surface area contributed by atoms with E-state index in [0.29, 0.717) is 31.7 Å². The number of aromatic nitrogens is 3. The Morgan fingerprint density at radius 3 is 2.47 bits per heavy atom. The zero-order chi connectivity index (χ0) is 24.1. The Morgan fingerprint density at radius 2 is 1.74 bits per heavy atom. The van der Waals surface area contributed by atoms with Gasteiger partial charge in [0, 0.05) is 18.3 Å². The van der Waals surface area contributed by atoms with E-state index in [1.807, 2.05) is 76.2 Å². The molecule has 176 valence electrons. The SMILES string of the molecule is CCOc1ccc(CCNC(=O)c2cnc3c(-c4ccccc4)c(C)nn3c2C)cc1OCC. The van der Waals surface area contributed by atoms with Crippen molar-refractivity contribution in [2.45, 2.75) is 34.1 Å². The molecule has 0 radical (unpaired) electrons. The van der Waals surface area contributed by atoms with Crippen molar-refractivity contribution >= 4 is 11.6 Å². The maximum Gasteiger partial charge on any atom is 0.254 e. The third-order valence-corrected chi connectivity index (χ3v) is 5.67. The van der Waals surface area contributed by atoms with E-state index in [2.05, 4.69) is 15.4 Å². The van der Waals surface area contributed by atoms with Crippen molar-refractivity contribution in [3.05, 3.63) is 77.2 Å². The van der Waals surface area contributed by atoms with Crippen LogP contribution in [-0.2, 0) is 6.42 Å². The summed E-state index contributed by atoms with van der Waals surface area (Å²) < 4.78 is 13.1. The number of fused-ring (bicyclic) bond motifs is 1. The summed E-state index contributed by atoms with van der Waals surface area (Å²) in [6, 6.07) is 15.9. The highest BCUT2D eigenvalue weighted by molar-refractivity contribution is 5.95. The van der Waals surface area contributed by atoms with E-state index in [-0.39, 0.29) is 5.91 Å². The molecule has 0 aliphatic rings. The molecule has 0 fully saturated rings. The van der Waals surface area contributed by atoms with Crippen LogP contribution >= 0.6 is 0 Å². The van der Waals surface area contributed by atoms with Crippen LogP contribution in [-0.4, -0.2) is 40.3 Å². The monoisotopic (exact) mass is 458 g/mol. The molecule has 0 saturated carbocycles. The normalized spacial score (nSPS) is 10.9. The van der Waals surface area contributed by atoms with Crippen LogP contribution < -0.4 is 14.8 Å². The quantitative estimate of drug-likeness (QED) is 0.390. The van der Waals surface area contributed by atoms with E-state index < -0.39 is 0 Å². The number of benzene rings is 2. The molecule has 7 heteroatoms. The Hall–Kier alpha value is -3.87. The van der Waals surface area contributed by atoms with Crippen molar-refractivity contribution in [1.29, 1.82) is 0 Å². The first-order chi connectivity index (χ1) is 16.5. The fraction of sp³-hybridized carbons (Fsp3) is 0.296. The van der Waals surface area contributed by atoms with Gasteiger partial charge in [-0.2, -0.15) is 5.10 Å². The third-order valence-electron chi connectivity index (χ3n) is 5.67. The first-order valence-electron chi connectivity index (χ1n) is 11.6. The zero-order valence-electron chi connectivity index (χ0n) is 20.1. The highest BCUT2D eigenvalue weighted by atomic mass is 16.5. The molecule has 0 aliphatic carbocycles. The lowest BCUT2D eigenvalue weighted by molar-refractivity contribution is 0.0952. The topological polar surface area (TPSA) is 77.8 Å². The van der Waals surface area contributed by atoms with Gasteiger partial charge in [0.15, 0.2) is 17.1 Å². The lowest BCUT2D eigenvalue weighted by Crippen LogP contribution is -2.27. The summed E-state index contributed by atoms with van der Waals surface area (Å²) in [5.41, 5.74) is 5.99. The summed E-state index contributed by atoms with van der Waals surface area (Å²) in [7, 11) is 0. The number of aryl methyl sites for hydroxylation is 2. The predicted molar refractivity (Wildman–Crippen MR) is 133 cm³/mol. The summed E-state index contributed by atoms with van der Waals surface area (Å²) in [6.45, 7) is 9.38. The molecular weight excluding hydrogens is 428 g/mol. The number of hydrogen-bond acceptors (Lipinski definition) is 5. The molecule has 2 heterocycles. The lowest BCUT2D eigenvalue weighted by atomic mass is 10.1. The molecule has 4 aromatic rings. The van der Waals surface area contributed by atoms with Gasteiger partial charge in [0.1, 0.15) is 0 Å². The highest BCUT2D eigenvalue weighted by Crippen LogP contribution is 2.29. The van der Waals surface area contributed by atoms with E-state index >= 15 is 0 Å². The molecule has 34 heavy (non-hydrogen) atoms. The predicted octanol–water partition coefficient (Wildman–Crippen LogP) is 4.78. The second kappa shape index (κ2) is 10.4. The summed E-state index contributed by atoms with van der Waals surface area (Å²) in [6.07, 6.45) is 2.31. The van der Waals surface area contributed by atoms with Gasteiger partial charge in [0.25, 0.3) is 5.91 Å². The third kappa shape index (κ3) is 4.73. The summed E-state index contributed by atoms with van der Waals surface area (Å²) in [5, 5.41) is 7.66. The molecular formula is C27H30N4O3. The van der Waals surface area contributed by atoms with Crippen LogP contribution in [0.15, 0.2) is 54.7 Å². The van der Waals surface area contributed by atoms with Crippen LogP contribution in [0.5, 0.6) is 11.5 Å². The van der Waals surface area contributed by atoms with Crippen molar-refractivity contribution < 1.29 is 14.3 Å². The van der Waals surface area contributed by atoms with Crippen molar-refractivity contribution in [3.63, 3.8) is 0 Å². The molecule has 2 aromatic carbocycles. The molecule has 0 aliphatic heterocycles. The van der Waals surface area contributed by atoms with Gasteiger partial charge in [-0.05, 0) is 57.4 Å². The highest BCUT2D eigenvalue weighted by Gasteiger charge is 2.18. The van der Waals surface area contributed by atoms with Crippen molar-refractivity contribution in [2.75, 3.05) is 19.8 Å². The fourth-order valence-electron chi connectivity index (χ4n) is 4.03. The molecule has 1 N–H and O–H groups in total. The van der Waals surface area contributed by atoms with Crippen LogP contribution in [0.1, 0.15) is 41.2 Å². The fourth-order valence-corrected chi connectivity index (χ4v) is 4.03. The van der Waals surface area contributed by atoms with E-state index in [4.69, 9.17) is 9.47 Å². The van der Waals surface area contributed by atoms with E-state index in [1.165, 1.54) is 0 Å². The molecule has 4 rings (SSSR count). The van der Waals surface area contributed by atoms with Crippen LogP contribution in [0.2, 0.25) is 0 Å². The number of nitrogens with one attached hydrogen (secondary N) is 1. The maximum atomic E-state index is 12.9. The molecule has 0 unspecified atom stereocenters. The summed E-state index contributed by atoms with van der Waals surface area (Å²) in [4.78, 5) is 17.5. The number of hydrogen-bond donors (Lipinski definition) is 1. The van der Waals surface area contributed by atoms with Crippen LogP contribution in [0, 0.1) is 13.8 Å². The number of rotatable bonds is 9. The van der Waals surface area contributed by atoms with Gasteiger partial charge >= 0.3 is 0 Å². The minimum absolute atomic E-state index is 0.169. The molecule has 0 atom stereocenters. The van der Waals surface area contributed by atoms with Crippen LogP contribution in [0.25, 0.3) is 16.8 Å².